The van der Waals surface area contributed by atoms with Crippen molar-refractivity contribution in [3.8, 4) is 0 Å². The van der Waals surface area contributed by atoms with E-state index < -0.39 is 0 Å². The number of hydrogen-bond donors (Lipinski definition) is 2. The minimum atomic E-state index is -0.00153. The molecule has 1 aromatic carbocycles. The second-order valence-electron chi connectivity index (χ2n) is 8.64. The van der Waals surface area contributed by atoms with Crippen molar-refractivity contribution < 1.29 is 9.59 Å². The first kappa shape index (κ1) is 23.0. The van der Waals surface area contributed by atoms with Crippen molar-refractivity contribution in [2.75, 3.05) is 30.9 Å². The first-order valence-corrected chi connectivity index (χ1v) is 11.0. The van der Waals surface area contributed by atoms with Crippen LogP contribution in [0.5, 0.6) is 0 Å². The Balaban J connectivity index is 2.28. The number of nitrogens with zero attached hydrogens (tertiary/aromatic N) is 2. The van der Waals surface area contributed by atoms with Crippen LogP contribution in [0, 0.1) is 5.92 Å². The Morgan fingerprint density at radius 2 is 1.83 bits per heavy atom. The van der Waals surface area contributed by atoms with Crippen LogP contribution in [0.2, 0.25) is 0 Å². The van der Waals surface area contributed by atoms with Crippen LogP contribution < -0.4 is 15.5 Å². The second-order valence-corrected chi connectivity index (χ2v) is 8.64. The van der Waals surface area contributed by atoms with Gasteiger partial charge in [-0.1, -0.05) is 33.1 Å². The molecule has 0 radical (unpaired) electrons. The summed E-state index contributed by atoms with van der Waals surface area (Å²) < 4.78 is 0. The number of benzene rings is 1. The number of rotatable bonds is 8. The number of carbonyl (C=O) groups excluding carboxylic acids is 2. The molecule has 0 bridgehead atoms. The highest BCUT2D eigenvalue weighted by molar-refractivity contribution is 5.91. The van der Waals surface area contributed by atoms with Crippen molar-refractivity contribution >= 4 is 23.3 Å². The Morgan fingerprint density at radius 1 is 1.14 bits per heavy atom. The Hall–Kier alpha value is -2.24. The minimum absolute atomic E-state index is 0.00153. The maximum absolute atomic E-state index is 12.8. The standard InChI is InChI=1S/C23H38N4O2/c1-6-24-23(29)27(20-10-8-7-9-11-20)16-18-15-19(12-13-21(18)26(4)5)25-22(28)14-17(2)3/h12-13,15,17,20H,6-11,14,16H2,1-5H3,(H,24,29)(H,25,28). The molecule has 0 unspecified atom stereocenters. The van der Waals surface area contributed by atoms with Gasteiger partial charge in [-0.05, 0) is 49.4 Å². The summed E-state index contributed by atoms with van der Waals surface area (Å²) in [6.45, 7) is 7.18. The van der Waals surface area contributed by atoms with Gasteiger partial charge in [-0.25, -0.2) is 4.79 Å². The monoisotopic (exact) mass is 402 g/mol. The lowest BCUT2D eigenvalue weighted by molar-refractivity contribution is -0.116. The van der Waals surface area contributed by atoms with E-state index in [2.05, 4.69) is 15.5 Å². The summed E-state index contributed by atoms with van der Waals surface area (Å²) in [5.74, 6) is 0.339. The summed E-state index contributed by atoms with van der Waals surface area (Å²) in [5.41, 5.74) is 2.90. The molecule has 6 heteroatoms. The topological polar surface area (TPSA) is 64.7 Å². The molecular weight excluding hydrogens is 364 g/mol. The van der Waals surface area contributed by atoms with Crippen molar-refractivity contribution in [2.45, 2.75) is 71.9 Å². The van der Waals surface area contributed by atoms with Gasteiger partial charge >= 0.3 is 6.03 Å². The van der Waals surface area contributed by atoms with Gasteiger partial charge in [0.15, 0.2) is 0 Å². The summed E-state index contributed by atoms with van der Waals surface area (Å²) in [4.78, 5) is 29.1. The molecule has 0 heterocycles. The number of urea groups is 1. The first-order valence-electron chi connectivity index (χ1n) is 11.0. The van der Waals surface area contributed by atoms with E-state index in [9.17, 15) is 9.59 Å². The molecule has 162 valence electrons. The highest BCUT2D eigenvalue weighted by Crippen LogP contribution is 2.29. The molecule has 0 aliphatic heterocycles. The smallest absolute Gasteiger partial charge is 0.317 e. The molecule has 0 saturated heterocycles. The first-order chi connectivity index (χ1) is 13.8. The van der Waals surface area contributed by atoms with E-state index in [0.29, 0.717) is 25.4 Å². The molecule has 1 aliphatic rings. The van der Waals surface area contributed by atoms with Crippen LogP contribution in [-0.2, 0) is 11.3 Å². The van der Waals surface area contributed by atoms with Crippen LogP contribution in [0.15, 0.2) is 18.2 Å². The van der Waals surface area contributed by atoms with Gasteiger partial charge in [0, 0.05) is 51.0 Å². The van der Waals surface area contributed by atoms with Gasteiger partial charge in [-0.2, -0.15) is 0 Å². The largest absolute Gasteiger partial charge is 0.377 e. The fraction of sp³-hybridized carbons (Fsp3) is 0.652. The van der Waals surface area contributed by atoms with Gasteiger partial charge in [0.2, 0.25) is 5.91 Å². The summed E-state index contributed by atoms with van der Waals surface area (Å²) in [5, 5.41) is 5.99. The van der Waals surface area contributed by atoms with Crippen LogP contribution in [0.4, 0.5) is 16.2 Å². The predicted octanol–water partition coefficient (Wildman–Crippen LogP) is 4.60. The number of anilines is 2. The van der Waals surface area contributed by atoms with Crippen molar-refractivity contribution in [3.63, 3.8) is 0 Å². The normalized spacial score (nSPS) is 14.6. The van der Waals surface area contributed by atoms with Crippen molar-refractivity contribution in [1.29, 1.82) is 0 Å². The zero-order valence-electron chi connectivity index (χ0n) is 18.8. The van der Waals surface area contributed by atoms with Gasteiger partial charge in [-0.3, -0.25) is 4.79 Å². The van der Waals surface area contributed by atoms with E-state index in [1.54, 1.807) is 0 Å². The molecule has 1 fully saturated rings. The highest BCUT2D eigenvalue weighted by Gasteiger charge is 2.26. The van der Waals surface area contributed by atoms with Gasteiger partial charge < -0.3 is 20.4 Å². The summed E-state index contributed by atoms with van der Waals surface area (Å²) in [6, 6.07) is 6.25. The van der Waals surface area contributed by atoms with Crippen LogP contribution in [0.1, 0.15) is 64.9 Å². The zero-order valence-corrected chi connectivity index (χ0v) is 18.8. The number of amides is 3. The summed E-state index contributed by atoms with van der Waals surface area (Å²) in [7, 11) is 4.01. The minimum Gasteiger partial charge on any atom is -0.377 e. The van der Waals surface area contributed by atoms with E-state index in [0.717, 1.165) is 29.8 Å². The van der Waals surface area contributed by atoms with Crippen molar-refractivity contribution in [1.82, 2.24) is 10.2 Å². The van der Waals surface area contributed by atoms with E-state index in [-0.39, 0.29) is 18.0 Å². The maximum Gasteiger partial charge on any atom is 0.317 e. The number of nitrogens with one attached hydrogen (secondary N) is 2. The maximum atomic E-state index is 12.8. The van der Waals surface area contributed by atoms with Gasteiger partial charge in [0.25, 0.3) is 0 Å². The lowest BCUT2D eigenvalue weighted by Gasteiger charge is -2.35. The average Bonchev–Trinajstić information content (AvgIpc) is 2.66. The molecule has 1 aliphatic carbocycles. The average molecular weight is 403 g/mol. The van der Waals surface area contributed by atoms with Crippen LogP contribution >= 0.6 is 0 Å². The molecule has 6 nitrogen and oxygen atoms in total. The Morgan fingerprint density at radius 3 is 2.41 bits per heavy atom. The fourth-order valence-corrected chi connectivity index (χ4v) is 4.00. The zero-order chi connectivity index (χ0) is 21.4. The number of carbonyl (C=O) groups is 2. The second kappa shape index (κ2) is 11.1. The van der Waals surface area contributed by atoms with Crippen LogP contribution in [-0.4, -0.2) is 43.5 Å². The molecule has 29 heavy (non-hydrogen) atoms. The quantitative estimate of drug-likeness (QED) is 0.668. The predicted molar refractivity (Wildman–Crippen MR) is 120 cm³/mol. The third-order valence-electron chi connectivity index (χ3n) is 5.38. The van der Waals surface area contributed by atoms with E-state index >= 15 is 0 Å². The summed E-state index contributed by atoms with van der Waals surface area (Å²) >= 11 is 0. The summed E-state index contributed by atoms with van der Waals surface area (Å²) in [6.07, 6.45) is 6.20. The van der Waals surface area contributed by atoms with Crippen molar-refractivity contribution in [2.24, 2.45) is 5.92 Å². The fourth-order valence-electron chi connectivity index (χ4n) is 4.00. The van der Waals surface area contributed by atoms with Gasteiger partial charge in [0.1, 0.15) is 0 Å². The third kappa shape index (κ3) is 6.94. The Bertz CT molecular complexity index is 681. The molecule has 0 aromatic heterocycles. The van der Waals surface area contributed by atoms with Crippen molar-refractivity contribution in [3.05, 3.63) is 23.8 Å². The molecule has 3 amide bonds. The van der Waals surface area contributed by atoms with Crippen LogP contribution in [0.3, 0.4) is 0 Å². The SMILES string of the molecule is CCNC(=O)N(Cc1cc(NC(=O)CC(C)C)ccc1N(C)C)C1CCCCC1. The molecule has 1 aromatic rings. The molecule has 0 atom stereocenters. The lowest BCUT2D eigenvalue weighted by atomic mass is 9.94. The van der Waals surface area contributed by atoms with E-state index in [4.69, 9.17) is 0 Å². The third-order valence-corrected chi connectivity index (χ3v) is 5.38. The Labute approximate surface area is 176 Å². The molecule has 0 spiro atoms. The molecular formula is C23H38N4O2. The van der Waals surface area contributed by atoms with Gasteiger partial charge in [-0.15, -0.1) is 0 Å². The van der Waals surface area contributed by atoms with Crippen LogP contribution in [0.25, 0.3) is 0 Å². The van der Waals surface area contributed by atoms with E-state index in [1.165, 1.54) is 19.3 Å². The molecule has 2 rings (SSSR count). The Kier molecular flexibility index (Phi) is 8.80. The molecule has 2 N–H and O–H groups in total. The van der Waals surface area contributed by atoms with Gasteiger partial charge in [0.05, 0.1) is 0 Å². The van der Waals surface area contributed by atoms with E-state index in [1.807, 2.05) is 58.0 Å². The lowest BCUT2D eigenvalue weighted by Crippen LogP contribution is -2.46. The number of hydrogen-bond acceptors (Lipinski definition) is 3. The molecule has 1 saturated carbocycles. The highest BCUT2D eigenvalue weighted by atomic mass is 16.2.